The summed E-state index contributed by atoms with van der Waals surface area (Å²) in [6, 6.07) is 8.03. The van der Waals surface area contributed by atoms with Gasteiger partial charge in [-0.15, -0.1) is 0 Å². The zero-order valence-corrected chi connectivity index (χ0v) is 12.3. The van der Waals surface area contributed by atoms with Crippen molar-refractivity contribution in [3.05, 3.63) is 35.5 Å². The number of aryl methyl sites for hydroxylation is 1. The van der Waals surface area contributed by atoms with Gasteiger partial charge in [-0.25, -0.2) is 9.50 Å². The predicted octanol–water partition coefficient (Wildman–Crippen LogP) is 1.84. The van der Waals surface area contributed by atoms with Crippen molar-refractivity contribution in [3.63, 3.8) is 0 Å². The number of para-hydroxylation sites is 1. The first-order chi connectivity index (χ1) is 10.8. The van der Waals surface area contributed by atoms with Crippen LogP contribution in [-0.4, -0.2) is 47.2 Å². The number of aromatic nitrogens is 3. The molecule has 0 radical (unpaired) electrons. The number of carbonyl (C=O) groups excluding carboxylic acids is 1. The molecule has 6 heteroatoms. The summed E-state index contributed by atoms with van der Waals surface area (Å²) in [5.74, 6) is 0.898. The number of rotatable bonds is 2. The van der Waals surface area contributed by atoms with Crippen molar-refractivity contribution in [2.75, 3.05) is 31.2 Å². The summed E-state index contributed by atoms with van der Waals surface area (Å²) < 4.78 is 7.19. The Morgan fingerprint density at radius 1 is 1.23 bits per heavy atom. The van der Waals surface area contributed by atoms with Gasteiger partial charge < -0.3 is 9.64 Å². The van der Waals surface area contributed by atoms with E-state index in [1.165, 1.54) is 0 Å². The van der Waals surface area contributed by atoms with E-state index in [-0.39, 0.29) is 0 Å². The second-order valence-electron chi connectivity index (χ2n) is 5.40. The van der Waals surface area contributed by atoms with Crippen LogP contribution in [-0.2, 0) is 4.74 Å². The Morgan fingerprint density at radius 3 is 2.77 bits per heavy atom. The normalized spacial score (nSPS) is 15.6. The van der Waals surface area contributed by atoms with Gasteiger partial charge in [0.15, 0.2) is 11.9 Å². The number of benzene rings is 1. The average molecular weight is 296 g/mol. The Bertz CT molecular complexity index is 865. The van der Waals surface area contributed by atoms with E-state index in [1.807, 2.05) is 31.2 Å². The van der Waals surface area contributed by atoms with Gasteiger partial charge in [0.05, 0.1) is 30.0 Å². The molecule has 0 saturated carbocycles. The third-order valence-electron chi connectivity index (χ3n) is 4.09. The molecular formula is C16H16N4O2. The van der Waals surface area contributed by atoms with E-state index in [4.69, 9.17) is 9.72 Å². The zero-order valence-electron chi connectivity index (χ0n) is 12.3. The first-order valence-corrected chi connectivity index (χ1v) is 7.35. The van der Waals surface area contributed by atoms with E-state index in [0.717, 1.165) is 36.1 Å². The molecule has 0 unspecified atom stereocenters. The summed E-state index contributed by atoms with van der Waals surface area (Å²) in [7, 11) is 0. The summed E-state index contributed by atoms with van der Waals surface area (Å²) >= 11 is 0. The lowest BCUT2D eigenvalue weighted by Gasteiger charge is -2.28. The van der Waals surface area contributed by atoms with Crippen molar-refractivity contribution in [3.8, 4) is 0 Å². The fraction of sp³-hybridized carbons (Fsp3) is 0.312. The Kier molecular flexibility index (Phi) is 3.04. The number of hydrogen-bond acceptors (Lipinski definition) is 5. The molecule has 0 atom stereocenters. The number of anilines is 1. The van der Waals surface area contributed by atoms with Crippen LogP contribution < -0.4 is 4.90 Å². The Hall–Kier alpha value is -2.47. The van der Waals surface area contributed by atoms with Crippen LogP contribution in [0.5, 0.6) is 0 Å². The fourth-order valence-corrected chi connectivity index (χ4v) is 2.96. The number of morpholine rings is 1. The summed E-state index contributed by atoms with van der Waals surface area (Å²) in [6.45, 7) is 4.83. The predicted molar refractivity (Wildman–Crippen MR) is 83.6 cm³/mol. The molecule has 4 rings (SSSR count). The molecule has 1 aliphatic rings. The van der Waals surface area contributed by atoms with Crippen molar-refractivity contribution in [2.24, 2.45) is 0 Å². The van der Waals surface area contributed by atoms with Gasteiger partial charge in [-0.05, 0) is 19.1 Å². The van der Waals surface area contributed by atoms with Crippen LogP contribution in [0.15, 0.2) is 24.3 Å². The summed E-state index contributed by atoms with van der Waals surface area (Å²) in [4.78, 5) is 18.4. The van der Waals surface area contributed by atoms with Crippen molar-refractivity contribution < 1.29 is 9.53 Å². The van der Waals surface area contributed by atoms with E-state index < -0.39 is 0 Å². The molecular weight excluding hydrogens is 280 g/mol. The molecule has 0 N–H and O–H groups in total. The van der Waals surface area contributed by atoms with Crippen LogP contribution in [0.3, 0.4) is 0 Å². The smallest absolute Gasteiger partial charge is 0.168 e. The Balaban J connectivity index is 2.06. The van der Waals surface area contributed by atoms with Crippen molar-refractivity contribution >= 4 is 28.7 Å². The maximum Gasteiger partial charge on any atom is 0.168 e. The lowest BCUT2D eigenvalue weighted by atomic mass is 10.2. The highest BCUT2D eigenvalue weighted by Gasteiger charge is 2.20. The molecule has 6 nitrogen and oxygen atoms in total. The highest BCUT2D eigenvalue weighted by atomic mass is 16.5. The van der Waals surface area contributed by atoms with Crippen LogP contribution >= 0.6 is 0 Å². The van der Waals surface area contributed by atoms with E-state index in [1.54, 1.807) is 4.52 Å². The molecule has 0 amide bonds. The second-order valence-corrected chi connectivity index (χ2v) is 5.40. The lowest BCUT2D eigenvalue weighted by Crippen LogP contribution is -2.37. The van der Waals surface area contributed by atoms with E-state index >= 15 is 0 Å². The molecule has 2 aromatic heterocycles. The number of aldehydes is 1. The molecule has 3 heterocycles. The maximum absolute atomic E-state index is 11.4. The van der Waals surface area contributed by atoms with Crippen LogP contribution in [0.25, 0.3) is 16.6 Å². The van der Waals surface area contributed by atoms with Gasteiger partial charge in [0.1, 0.15) is 5.82 Å². The van der Waals surface area contributed by atoms with Crippen LogP contribution in [0.1, 0.15) is 16.1 Å². The van der Waals surface area contributed by atoms with Crippen LogP contribution in [0.4, 0.5) is 5.82 Å². The monoisotopic (exact) mass is 296 g/mol. The zero-order chi connectivity index (χ0) is 15.1. The average Bonchev–Trinajstić information content (AvgIpc) is 2.90. The standard InChI is InChI=1S/C16H16N4O2/c1-11-13(10-21)16-17-15(19-6-8-22-9-7-19)12-4-2-3-5-14(12)20(16)18-11/h2-5,10H,6-9H2,1H3. The highest BCUT2D eigenvalue weighted by molar-refractivity contribution is 5.95. The van der Waals surface area contributed by atoms with Crippen molar-refractivity contribution in [1.82, 2.24) is 14.6 Å². The molecule has 1 aliphatic heterocycles. The number of fused-ring (bicyclic) bond motifs is 3. The minimum absolute atomic E-state index is 0.556. The number of carbonyl (C=O) groups is 1. The molecule has 3 aromatic rings. The number of hydrogen-bond donors (Lipinski definition) is 0. The second kappa shape index (κ2) is 5.06. The van der Waals surface area contributed by atoms with Crippen molar-refractivity contribution in [2.45, 2.75) is 6.92 Å². The maximum atomic E-state index is 11.4. The van der Waals surface area contributed by atoms with Crippen molar-refractivity contribution in [1.29, 1.82) is 0 Å². The molecule has 112 valence electrons. The molecule has 0 spiro atoms. The van der Waals surface area contributed by atoms with Crippen LogP contribution in [0, 0.1) is 6.92 Å². The van der Waals surface area contributed by atoms with Crippen LogP contribution in [0.2, 0.25) is 0 Å². The minimum atomic E-state index is 0.556. The highest BCUT2D eigenvalue weighted by Crippen LogP contribution is 2.28. The third kappa shape index (κ3) is 1.88. The summed E-state index contributed by atoms with van der Waals surface area (Å²) in [6.07, 6.45) is 0.836. The van der Waals surface area contributed by atoms with Gasteiger partial charge in [-0.2, -0.15) is 5.10 Å². The number of nitrogens with zero attached hydrogens (tertiary/aromatic N) is 4. The Labute approximate surface area is 127 Å². The van der Waals surface area contributed by atoms with E-state index in [2.05, 4.69) is 10.00 Å². The quantitative estimate of drug-likeness (QED) is 0.675. The largest absolute Gasteiger partial charge is 0.378 e. The first kappa shape index (κ1) is 13.2. The van der Waals surface area contributed by atoms with E-state index in [0.29, 0.717) is 30.1 Å². The molecule has 0 aliphatic carbocycles. The third-order valence-corrected chi connectivity index (χ3v) is 4.09. The lowest BCUT2D eigenvalue weighted by molar-refractivity contribution is 0.112. The molecule has 1 saturated heterocycles. The molecule has 1 fully saturated rings. The van der Waals surface area contributed by atoms with Gasteiger partial charge in [-0.1, -0.05) is 12.1 Å². The topological polar surface area (TPSA) is 59.7 Å². The minimum Gasteiger partial charge on any atom is -0.378 e. The van der Waals surface area contributed by atoms with Gasteiger partial charge >= 0.3 is 0 Å². The SMILES string of the molecule is Cc1nn2c(nc(N3CCOCC3)c3ccccc32)c1C=O. The Morgan fingerprint density at radius 2 is 2.00 bits per heavy atom. The van der Waals surface area contributed by atoms with E-state index in [9.17, 15) is 4.79 Å². The summed E-state index contributed by atoms with van der Waals surface area (Å²) in [5.41, 5.74) is 2.84. The van der Waals surface area contributed by atoms with Gasteiger partial charge in [0.25, 0.3) is 0 Å². The summed E-state index contributed by atoms with van der Waals surface area (Å²) in [5, 5.41) is 5.52. The fourth-order valence-electron chi connectivity index (χ4n) is 2.96. The van der Waals surface area contributed by atoms with Gasteiger partial charge in [0.2, 0.25) is 0 Å². The first-order valence-electron chi connectivity index (χ1n) is 7.35. The number of ether oxygens (including phenoxy) is 1. The molecule has 0 bridgehead atoms. The molecule has 22 heavy (non-hydrogen) atoms. The van der Waals surface area contributed by atoms with Gasteiger partial charge in [-0.3, -0.25) is 4.79 Å². The molecule has 1 aromatic carbocycles. The van der Waals surface area contributed by atoms with Gasteiger partial charge in [0, 0.05) is 18.5 Å².